The van der Waals surface area contributed by atoms with Gasteiger partial charge in [0.15, 0.2) is 0 Å². The fourth-order valence-corrected chi connectivity index (χ4v) is 2.35. The third-order valence-corrected chi connectivity index (χ3v) is 3.25. The number of hydrogen-bond acceptors (Lipinski definition) is 3. The number of nitrogens with zero attached hydrogens (tertiary/aromatic N) is 3. The van der Waals surface area contributed by atoms with Crippen LogP contribution in [0.2, 0.25) is 0 Å². The molecule has 2 heterocycles. The zero-order chi connectivity index (χ0) is 11.5. The molecule has 1 aliphatic heterocycles. The van der Waals surface area contributed by atoms with Crippen LogP contribution in [0.4, 0.5) is 0 Å². The van der Waals surface area contributed by atoms with Gasteiger partial charge >= 0.3 is 0 Å². The smallest absolute Gasteiger partial charge is 0.0795 e. The van der Waals surface area contributed by atoms with E-state index in [9.17, 15) is 0 Å². The molecule has 0 spiro atoms. The van der Waals surface area contributed by atoms with E-state index in [0.29, 0.717) is 0 Å². The molecule has 0 atom stereocenters. The lowest BCUT2D eigenvalue weighted by Crippen LogP contribution is -2.20. The van der Waals surface area contributed by atoms with E-state index in [0.717, 1.165) is 30.7 Å². The Bertz CT molecular complexity index is 395. The van der Waals surface area contributed by atoms with Crippen LogP contribution in [0.3, 0.4) is 0 Å². The van der Waals surface area contributed by atoms with Crippen molar-refractivity contribution in [3.8, 4) is 0 Å². The topological polar surface area (TPSA) is 33.1 Å². The standard InChI is InChI=1S/C11H17BrN4/c1-15(2)5-6-16-11(10(12)8-14-16)9-3-4-13-7-9/h3,8,13H,4-7H2,1-2H3. The predicted octanol–water partition coefficient (Wildman–Crippen LogP) is 1.19. The summed E-state index contributed by atoms with van der Waals surface area (Å²) >= 11 is 3.57. The Morgan fingerprint density at radius 2 is 2.38 bits per heavy atom. The molecule has 0 amide bonds. The van der Waals surface area contributed by atoms with Crippen LogP contribution >= 0.6 is 15.9 Å². The first-order chi connectivity index (χ1) is 7.68. The lowest BCUT2D eigenvalue weighted by atomic mass is 10.2. The minimum absolute atomic E-state index is 0.922. The van der Waals surface area contributed by atoms with E-state index in [-0.39, 0.29) is 0 Å². The van der Waals surface area contributed by atoms with Gasteiger partial charge in [-0.3, -0.25) is 4.68 Å². The van der Waals surface area contributed by atoms with Gasteiger partial charge < -0.3 is 10.2 Å². The molecule has 1 N–H and O–H groups in total. The number of nitrogens with one attached hydrogen (secondary N) is 1. The van der Waals surface area contributed by atoms with Crippen molar-refractivity contribution in [3.63, 3.8) is 0 Å². The molecule has 1 aromatic heterocycles. The molecular formula is C11H17BrN4. The first kappa shape index (κ1) is 11.8. The van der Waals surface area contributed by atoms with Gasteiger partial charge in [-0.05, 0) is 35.6 Å². The lowest BCUT2D eigenvalue weighted by molar-refractivity contribution is 0.372. The summed E-state index contributed by atoms with van der Waals surface area (Å²) in [6.45, 7) is 3.82. The molecule has 5 heteroatoms. The minimum atomic E-state index is 0.922. The first-order valence-corrected chi connectivity index (χ1v) is 6.24. The van der Waals surface area contributed by atoms with Crippen molar-refractivity contribution >= 4 is 21.5 Å². The molecular weight excluding hydrogens is 268 g/mol. The van der Waals surface area contributed by atoms with Crippen LogP contribution in [0, 0.1) is 0 Å². The number of halogens is 1. The normalized spacial score (nSPS) is 15.9. The number of hydrogen-bond donors (Lipinski definition) is 1. The van der Waals surface area contributed by atoms with Gasteiger partial charge in [0, 0.05) is 19.6 Å². The van der Waals surface area contributed by atoms with E-state index in [2.05, 4.69) is 56.1 Å². The van der Waals surface area contributed by atoms with Crippen molar-refractivity contribution in [1.29, 1.82) is 0 Å². The Labute approximate surface area is 104 Å². The van der Waals surface area contributed by atoms with Crippen LogP contribution in [0.1, 0.15) is 5.69 Å². The first-order valence-electron chi connectivity index (χ1n) is 5.44. The second-order valence-corrected chi connectivity index (χ2v) is 5.08. The zero-order valence-electron chi connectivity index (χ0n) is 9.70. The van der Waals surface area contributed by atoms with Gasteiger partial charge in [-0.15, -0.1) is 0 Å². The van der Waals surface area contributed by atoms with E-state index in [1.165, 1.54) is 11.3 Å². The van der Waals surface area contributed by atoms with Crippen molar-refractivity contribution < 1.29 is 0 Å². The van der Waals surface area contributed by atoms with Crippen molar-refractivity contribution in [2.45, 2.75) is 6.54 Å². The van der Waals surface area contributed by atoms with E-state index < -0.39 is 0 Å². The van der Waals surface area contributed by atoms with Crippen LogP contribution in [0.5, 0.6) is 0 Å². The molecule has 16 heavy (non-hydrogen) atoms. The third kappa shape index (κ3) is 2.53. The molecule has 1 aliphatic rings. The summed E-state index contributed by atoms with van der Waals surface area (Å²) in [4.78, 5) is 2.17. The fraction of sp³-hybridized carbons (Fsp3) is 0.545. The quantitative estimate of drug-likeness (QED) is 0.902. The Kier molecular flexibility index (Phi) is 3.78. The lowest BCUT2D eigenvalue weighted by Gasteiger charge is -2.12. The van der Waals surface area contributed by atoms with Crippen molar-refractivity contribution in [1.82, 2.24) is 20.0 Å². The molecule has 0 bridgehead atoms. The van der Waals surface area contributed by atoms with Gasteiger partial charge in [0.2, 0.25) is 0 Å². The van der Waals surface area contributed by atoms with E-state index >= 15 is 0 Å². The summed E-state index contributed by atoms with van der Waals surface area (Å²) in [7, 11) is 4.16. The summed E-state index contributed by atoms with van der Waals surface area (Å²) in [6.07, 6.45) is 4.11. The highest BCUT2D eigenvalue weighted by molar-refractivity contribution is 9.10. The summed E-state index contributed by atoms with van der Waals surface area (Å²) in [6, 6.07) is 0. The SMILES string of the molecule is CN(C)CCn1ncc(Br)c1C1=CCNC1. The van der Waals surface area contributed by atoms with Crippen LogP contribution < -0.4 is 5.32 Å². The number of aromatic nitrogens is 2. The molecule has 0 radical (unpaired) electrons. The molecule has 1 aromatic rings. The van der Waals surface area contributed by atoms with Crippen LogP contribution in [-0.4, -0.2) is 48.4 Å². The van der Waals surface area contributed by atoms with Gasteiger partial charge in [-0.25, -0.2) is 0 Å². The molecule has 0 saturated carbocycles. The van der Waals surface area contributed by atoms with E-state index in [1.807, 2.05) is 6.20 Å². The predicted molar refractivity (Wildman–Crippen MR) is 69.3 cm³/mol. The summed E-state index contributed by atoms with van der Waals surface area (Å²) in [5.41, 5.74) is 2.55. The van der Waals surface area contributed by atoms with Crippen LogP contribution in [0.15, 0.2) is 16.7 Å². The maximum absolute atomic E-state index is 4.41. The summed E-state index contributed by atoms with van der Waals surface area (Å²) in [5, 5.41) is 7.72. The second kappa shape index (κ2) is 5.12. The molecule has 88 valence electrons. The number of likely N-dealkylation sites (N-methyl/N-ethyl adjacent to an activating group) is 1. The fourth-order valence-electron chi connectivity index (χ4n) is 1.80. The maximum Gasteiger partial charge on any atom is 0.0795 e. The molecule has 0 aliphatic carbocycles. The average Bonchev–Trinajstić information content (AvgIpc) is 2.83. The van der Waals surface area contributed by atoms with Gasteiger partial charge in [0.1, 0.15) is 0 Å². The molecule has 0 fully saturated rings. The van der Waals surface area contributed by atoms with Crippen molar-refractivity contribution in [2.24, 2.45) is 0 Å². The molecule has 0 unspecified atom stereocenters. The Hall–Kier alpha value is -0.650. The Balaban J connectivity index is 2.18. The van der Waals surface area contributed by atoms with E-state index in [1.54, 1.807) is 0 Å². The van der Waals surface area contributed by atoms with Gasteiger partial charge in [0.05, 0.1) is 22.9 Å². The number of rotatable bonds is 4. The maximum atomic E-state index is 4.41. The molecule has 0 saturated heterocycles. The van der Waals surface area contributed by atoms with Gasteiger partial charge in [-0.2, -0.15) is 5.10 Å². The van der Waals surface area contributed by atoms with Crippen LogP contribution in [-0.2, 0) is 6.54 Å². The summed E-state index contributed by atoms with van der Waals surface area (Å²) < 4.78 is 3.16. The highest BCUT2D eigenvalue weighted by Crippen LogP contribution is 2.25. The third-order valence-electron chi connectivity index (χ3n) is 2.67. The highest BCUT2D eigenvalue weighted by atomic mass is 79.9. The van der Waals surface area contributed by atoms with Crippen molar-refractivity contribution in [2.75, 3.05) is 33.7 Å². The van der Waals surface area contributed by atoms with E-state index in [4.69, 9.17) is 0 Å². The van der Waals surface area contributed by atoms with Crippen molar-refractivity contribution in [3.05, 3.63) is 22.4 Å². The molecule has 2 rings (SSSR count). The molecule has 4 nitrogen and oxygen atoms in total. The van der Waals surface area contributed by atoms with Gasteiger partial charge in [0.25, 0.3) is 0 Å². The zero-order valence-corrected chi connectivity index (χ0v) is 11.3. The minimum Gasteiger partial charge on any atom is -0.309 e. The Morgan fingerprint density at radius 1 is 1.56 bits per heavy atom. The average molecular weight is 285 g/mol. The second-order valence-electron chi connectivity index (χ2n) is 4.23. The molecule has 0 aromatic carbocycles. The largest absolute Gasteiger partial charge is 0.309 e. The van der Waals surface area contributed by atoms with Gasteiger partial charge in [-0.1, -0.05) is 6.08 Å². The highest BCUT2D eigenvalue weighted by Gasteiger charge is 2.15. The monoisotopic (exact) mass is 284 g/mol. The van der Waals surface area contributed by atoms with Crippen LogP contribution in [0.25, 0.3) is 5.57 Å². The Morgan fingerprint density at radius 3 is 3.00 bits per heavy atom. The summed E-state index contributed by atoms with van der Waals surface area (Å²) in [5.74, 6) is 0.